The van der Waals surface area contributed by atoms with Crippen LogP contribution < -0.4 is 5.32 Å². The van der Waals surface area contributed by atoms with Gasteiger partial charge in [-0.2, -0.15) is 4.98 Å². The van der Waals surface area contributed by atoms with Crippen molar-refractivity contribution in [1.29, 1.82) is 0 Å². The van der Waals surface area contributed by atoms with Crippen molar-refractivity contribution in [3.63, 3.8) is 0 Å². The first kappa shape index (κ1) is 13.0. The van der Waals surface area contributed by atoms with Crippen LogP contribution in [0.2, 0.25) is 0 Å². The fourth-order valence-electron chi connectivity index (χ4n) is 2.72. The van der Waals surface area contributed by atoms with Crippen LogP contribution in [0.5, 0.6) is 0 Å². The molecule has 2 heterocycles. The zero-order chi connectivity index (χ0) is 13.3. The molecule has 2 fully saturated rings. The van der Waals surface area contributed by atoms with E-state index in [9.17, 15) is 0 Å². The van der Waals surface area contributed by atoms with Gasteiger partial charge in [-0.05, 0) is 38.5 Å². The summed E-state index contributed by atoms with van der Waals surface area (Å²) in [5.74, 6) is 3.27. The molecule has 0 aromatic carbocycles. The smallest absolute Gasteiger partial charge is 0.248 e. The van der Waals surface area contributed by atoms with Crippen LogP contribution in [0.25, 0.3) is 0 Å². The van der Waals surface area contributed by atoms with E-state index in [1.54, 1.807) is 0 Å². The van der Waals surface area contributed by atoms with Crippen molar-refractivity contribution >= 4 is 16.9 Å². The molecule has 1 N–H and O–H groups in total. The Morgan fingerprint density at radius 1 is 1.47 bits per heavy atom. The molecular weight excluding hydrogens is 260 g/mol. The van der Waals surface area contributed by atoms with Crippen LogP contribution in [-0.4, -0.2) is 26.6 Å². The highest BCUT2D eigenvalue weighted by atomic mass is 32.2. The van der Waals surface area contributed by atoms with E-state index in [1.807, 2.05) is 18.7 Å². The maximum Gasteiger partial charge on any atom is 0.248 e. The maximum atomic E-state index is 5.07. The second kappa shape index (κ2) is 5.15. The molecule has 0 atom stereocenters. The lowest BCUT2D eigenvalue weighted by Gasteiger charge is -2.35. The fourth-order valence-corrected chi connectivity index (χ4v) is 3.94. The highest BCUT2D eigenvalue weighted by molar-refractivity contribution is 8.14. The second-order valence-corrected chi connectivity index (χ2v) is 6.70. The van der Waals surface area contributed by atoms with Crippen LogP contribution in [0.3, 0.4) is 0 Å². The summed E-state index contributed by atoms with van der Waals surface area (Å²) in [6, 6.07) is 0. The molecule has 0 amide bonds. The van der Waals surface area contributed by atoms with Crippen molar-refractivity contribution in [3.8, 4) is 0 Å². The SMILES string of the molecule is Cc1noc(CN=C2NC3(CCC(C)CC3)CS2)n1. The third-order valence-corrected chi connectivity index (χ3v) is 5.22. The molecule has 19 heavy (non-hydrogen) atoms. The molecule has 104 valence electrons. The Kier molecular flexibility index (Phi) is 3.52. The van der Waals surface area contributed by atoms with Gasteiger partial charge >= 0.3 is 0 Å². The molecule has 1 aliphatic carbocycles. The highest BCUT2D eigenvalue weighted by Gasteiger charge is 2.39. The van der Waals surface area contributed by atoms with Crippen LogP contribution in [0.15, 0.2) is 9.52 Å². The molecule has 6 heteroatoms. The van der Waals surface area contributed by atoms with E-state index in [-0.39, 0.29) is 0 Å². The average molecular weight is 280 g/mol. The number of aliphatic imine (C=N–C) groups is 1. The van der Waals surface area contributed by atoms with Crippen LogP contribution in [0.4, 0.5) is 0 Å². The van der Waals surface area contributed by atoms with Crippen molar-refractivity contribution in [2.75, 3.05) is 5.75 Å². The second-order valence-electron chi connectivity index (χ2n) is 5.73. The van der Waals surface area contributed by atoms with Gasteiger partial charge in [-0.15, -0.1) is 0 Å². The molecule has 1 saturated heterocycles. The molecule has 2 aliphatic rings. The lowest BCUT2D eigenvalue weighted by molar-refractivity contribution is 0.250. The van der Waals surface area contributed by atoms with E-state index in [2.05, 4.69) is 27.4 Å². The minimum Gasteiger partial charge on any atom is -0.359 e. The number of aromatic nitrogens is 2. The Morgan fingerprint density at radius 2 is 2.26 bits per heavy atom. The van der Waals surface area contributed by atoms with Crippen LogP contribution in [0, 0.1) is 12.8 Å². The van der Waals surface area contributed by atoms with Gasteiger partial charge in [0, 0.05) is 11.3 Å². The first-order valence-electron chi connectivity index (χ1n) is 6.90. The van der Waals surface area contributed by atoms with Gasteiger partial charge < -0.3 is 9.84 Å². The zero-order valence-corrected chi connectivity index (χ0v) is 12.3. The number of thioether (sulfide) groups is 1. The Morgan fingerprint density at radius 3 is 2.95 bits per heavy atom. The maximum absolute atomic E-state index is 5.07. The fraction of sp³-hybridized carbons (Fsp3) is 0.769. The number of rotatable bonds is 2. The largest absolute Gasteiger partial charge is 0.359 e. The molecule has 1 saturated carbocycles. The Balaban J connectivity index is 1.59. The Hall–Kier alpha value is -1.04. The number of hydrogen-bond acceptors (Lipinski definition) is 5. The lowest BCUT2D eigenvalue weighted by Crippen LogP contribution is -2.46. The van der Waals surface area contributed by atoms with Crippen molar-refractivity contribution in [1.82, 2.24) is 15.5 Å². The number of nitrogens with one attached hydrogen (secondary N) is 1. The van der Waals surface area contributed by atoms with E-state index < -0.39 is 0 Å². The minimum absolute atomic E-state index is 0.292. The van der Waals surface area contributed by atoms with Gasteiger partial charge in [-0.1, -0.05) is 23.8 Å². The van der Waals surface area contributed by atoms with Crippen molar-refractivity contribution in [2.24, 2.45) is 10.9 Å². The van der Waals surface area contributed by atoms with Gasteiger partial charge in [-0.3, -0.25) is 4.99 Å². The summed E-state index contributed by atoms with van der Waals surface area (Å²) in [6.45, 7) is 4.64. The summed E-state index contributed by atoms with van der Waals surface area (Å²) < 4.78 is 5.07. The summed E-state index contributed by atoms with van der Waals surface area (Å²) in [5.41, 5.74) is 0.292. The summed E-state index contributed by atoms with van der Waals surface area (Å²) >= 11 is 1.82. The topological polar surface area (TPSA) is 63.3 Å². The zero-order valence-electron chi connectivity index (χ0n) is 11.5. The molecule has 3 rings (SSSR count). The molecule has 1 aliphatic heterocycles. The predicted octanol–water partition coefficient (Wildman–Crippen LogP) is 2.52. The predicted molar refractivity (Wildman–Crippen MR) is 76.1 cm³/mol. The van der Waals surface area contributed by atoms with Gasteiger partial charge in [0.05, 0.1) is 0 Å². The Labute approximate surface area is 117 Å². The van der Waals surface area contributed by atoms with Crippen molar-refractivity contribution in [2.45, 2.75) is 51.6 Å². The third-order valence-electron chi connectivity index (χ3n) is 4.02. The van der Waals surface area contributed by atoms with Gasteiger partial charge in [-0.25, -0.2) is 0 Å². The molecular formula is C13H20N4OS. The van der Waals surface area contributed by atoms with E-state index in [1.165, 1.54) is 25.7 Å². The minimum atomic E-state index is 0.292. The van der Waals surface area contributed by atoms with Gasteiger partial charge in [0.2, 0.25) is 5.89 Å². The standard InChI is InChI=1S/C13H20N4OS/c1-9-3-5-13(6-4-9)8-19-12(16-13)14-7-11-15-10(2)17-18-11/h9H,3-8H2,1-2H3,(H,14,16). The normalized spacial score (nSPS) is 32.9. The summed E-state index contributed by atoms with van der Waals surface area (Å²) in [7, 11) is 0. The quantitative estimate of drug-likeness (QED) is 0.902. The van der Waals surface area contributed by atoms with Crippen LogP contribution >= 0.6 is 11.8 Å². The number of hydrogen-bond donors (Lipinski definition) is 1. The van der Waals surface area contributed by atoms with Gasteiger partial charge in [0.1, 0.15) is 6.54 Å². The van der Waals surface area contributed by atoms with E-state index >= 15 is 0 Å². The molecule has 0 unspecified atom stereocenters. The van der Waals surface area contributed by atoms with Gasteiger partial charge in [0.15, 0.2) is 11.0 Å². The van der Waals surface area contributed by atoms with Crippen molar-refractivity contribution in [3.05, 3.63) is 11.7 Å². The van der Waals surface area contributed by atoms with Crippen LogP contribution in [-0.2, 0) is 6.54 Å². The summed E-state index contributed by atoms with van der Waals surface area (Å²) in [5, 5.41) is 8.43. The summed E-state index contributed by atoms with van der Waals surface area (Å²) in [4.78, 5) is 8.71. The average Bonchev–Trinajstić information content (AvgIpc) is 2.99. The molecule has 0 bridgehead atoms. The third kappa shape index (κ3) is 2.94. The first-order valence-corrected chi connectivity index (χ1v) is 7.88. The summed E-state index contributed by atoms with van der Waals surface area (Å²) in [6.07, 6.45) is 5.17. The monoisotopic (exact) mass is 280 g/mol. The molecule has 0 radical (unpaired) electrons. The number of aryl methyl sites for hydroxylation is 1. The van der Waals surface area contributed by atoms with E-state index in [0.717, 1.165) is 16.8 Å². The van der Waals surface area contributed by atoms with Crippen LogP contribution in [0.1, 0.15) is 44.3 Å². The molecule has 1 aromatic heterocycles. The Bertz CT molecular complexity index is 477. The van der Waals surface area contributed by atoms with Crippen molar-refractivity contribution < 1.29 is 4.52 Å². The number of amidine groups is 1. The molecule has 1 aromatic rings. The molecule has 1 spiro atoms. The first-order chi connectivity index (χ1) is 9.15. The highest BCUT2D eigenvalue weighted by Crippen LogP contribution is 2.38. The van der Waals surface area contributed by atoms with E-state index in [0.29, 0.717) is 23.8 Å². The lowest BCUT2D eigenvalue weighted by atomic mass is 9.78. The van der Waals surface area contributed by atoms with Gasteiger partial charge in [0.25, 0.3) is 0 Å². The molecule has 5 nitrogen and oxygen atoms in total. The number of nitrogens with zero attached hydrogens (tertiary/aromatic N) is 3. The van der Waals surface area contributed by atoms with E-state index in [4.69, 9.17) is 4.52 Å².